The summed E-state index contributed by atoms with van der Waals surface area (Å²) in [5, 5.41) is 17.9. The van der Waals surface area contributed by atoms with Crippen LogP contribution in [0.3, 0.4) is 0 Å². The molecule has 2 aromatic heterocycles. The molecule has 2 heterocycles. The van der Waals surface area contributed by atoms with Crippen LogP contribution in [0.1, 0.15) is 27.6 Å². The molecule has 8 nitrogen and oxygen atoms in total. The van der Waals surface area contributed by atoms with Gasteiger partial charge in [-0.25, -0.2) is 9.89 Å². The SMILES string of the molecule is O=C(O)c1nn[nH]c1Oc1ccc(C#Cc2nc(C(F)(F)F)co2)cc1. The molecule has 0 bridgehead atoms. The molecule has 26 heavy (non-hydrogen) atoms. The summed E-state index contributed by atoms with van der Waals surface area (Å²) in [7, 11) is 0. The lowest BCUT2D eigenvalue weighted by Gasteiger charge is -2.02. The van der Waals surface area contributed by atoms with Crippen molar-refractivity contribution >= 4 is 5.97 Å². The fourth-order valence-electron chi connectivity index (χ4n) is 1.74. The van der Waals surface area contributed by atoms with E-state index in [0.717, 1.165) is 0 Å². The van der Waals surface area contributed by atoms with Gasteiger partial charge in [-0.05, 0) is 30.2 Å². The third-order valence-electron chi connectivity index (χ3n) is 2.90. The second kappa shape index (κ2) is 6.60. The number of rotatable bonds is 3. The highest BCUT2D eigenvalue weighted by Crippen LogP contribution is 2.28. The van der Waals surface area contributed by atoms with Crippen molar-refractivity contribution in [3.63, 3.8) is 0 Å². The first-order valence-corrected chi connectivity index (χ1v) is 6.80. The number of benzene rings is 1. The summed E-state index contributed by atoms with van der Waals surface area (Å²) in [5.41, 5.74) is -1.09. The first-order valence-electron chi connectivity index (χ1n) is 6.80. The number of aromatic amines is 1. The highest BCUT2D eigenvalue weighted by atomic mass is 19.4. The number of alkyl halides is 3. The van der Waals surface area contributed by atoms with Crippen molar-refractivity contribution in [2.45, 2.75) is 6.18 Å². The minimum Gasteiger partial charge on any atom is -0.476 e. The number of hydrogen-bond donors (Lipinski definition) is 2. The number of carboxylic acids is 1. The van der Waals surface area contributed by atoms with Crippen LogP contribution in [0.5, 0.6) is 11.6 Å². The van der Waals surface area contributed by atoms with Gasteiger partial charge in [0.1, 0.15) is 12.0 Å². The number of carboxylic acid groups (broad SMARTS) is 1. The lowest BCUT2D eigenvalue weighted by molar-refractivity contribution is -0.141. The number of oxazole rings is 1. The number of ether oxygens (including phenoxy) is 1. The van der Waals surface area contributed by atoms with Gasteiger partial charge in [0, 0.05) is 5.56 Å². The molecule has 2 N–H and O–H groups in total. The Morgan fingerprint density at radius 2 is 1.96 bits per heavy atom. The van der Waals surface area contributed by atoms with Crippen molar-refractivity contribution in [2.75, 3.05) is 0 Å². The van der Waals surface area contributed by atoms with Crippen LogP contribution in [-0.4, -0.2) is 31.5 Å². The van der Waals surface area contributed by atoms with E-state index in [1.54, 1.807) is 0 Å². The van der Waals surface area contributed by atoms with Crippen LogP contribution in [0, 0.1) is 11.8 Å². The second-order valence-corrected chi connectivity index (χ2v) is 4.71. The molecule has 0 aliphatic heterocycles. The Bertz CT molecular complexity index is 996. The number of H-pyrrole nitrogens is 1. The first-order chi connectivity index (χ1) is 12.3. The molecule has 0 atom stereocenters. The highest BCUT2D eigenvalue weighted by molar-refractivity contribution is 5.87. The average Bonchev–Trinajstić information content (AvgIpc) is 3.23. The zero-order valence-electron chi connectivity index (χ0n) is 12.5. The predicted octanol–water partition coefficient (Wildman–Crippen LogP) is 2.70. The Kier molecular flexibility index (Phi) is 4.32. The molecule has 0 spiro atoms. The molecular weight excluding hydrogens is 357 g/mol. The number of halogens is 3. The van der Waals surface area contributed by atoms with Gasteiger partial charge in [-0.15, -0.1) is 5.10 Å². The summed E-state index contributed by atoms with van der Waals surface area (Å²) in [6.45, 7) is 0. The second-order valence-electron chi connectivity index (χ2n) is 4.71. The maximum atomic E-state index is 12.4. The number of aromatic nitrogens is 4. The molecule has 0 radical (unpaired) electrons. The number of hydrogen-bond acceptors (Lipinski definition) is 6. The molecule has 0 aliphatic carbocycles. The number of nitrogens with zero attached hydrogens (tertiary/aromatic N) is 3. The fourth-order valence-corrected chi connectivity index (χ4v) is 1.74. The topological polar surface area (TPSA) is 114 Å². The summed E-state index contributed by atoms with van der Waals surface area (Å²) in [6.07, 6.45) is -4.11. The summed E-state index contributed by atoms with van der Waals surface area (Å²) >= 11 is 0. The Morgan fingerprint density at radius 1 is 1.23 bits per heavy atom. The van der Waals surface area contributed by atoms with Gasteiger partial charge in [0.25, 0.3) is 11.8 Å². The lowest BCUT2D eigenvalue weighted by Crippen LogP contribution is -2.04. The first kappa shape index (κ1) is 17.0. The van der Waals surface area contributed by atoms with E-state index >= 15 is 0 Å². The van der Waals surface area contributed by atoms with E-state index in [1.807, 2.05) is 0 Å². The van der Waals surface area contributed by atoms with E-state index in [9.17, 15) is 18.0 Å². The van der Waals surface area contributed by atoms with E-state index in [-0.39, 0.29) is 23.2 Å². The number of carbonyl (C=O) groups is 1. The van der Waals surface area contributed by atoms with E-state index in [2.05, 4.69) is 36.7 Å². The van der Waals surface area contributed by atoms with Gasteiger partial charge in [0.15, 0.2) is 5.69 Å². The van der Waals surface area contributed by atoms with Crippen molar-refractivity contribution in [1.29, 1.82) is 0 Å². The molecule has 0 saturated heterocycles. The third-order valence-corrected chi connectivity index (χ3v) is 2.90. The van der Waals surface area contributed by atoms with E-state index in [0.29, 0.717) is 11.8 Å². The fraction of sp³-hybridized carbons (Fsp3) is 0.0667. The van der Waals surface area contributed by atoms with Gasteiger partial charge < -0.3 is 14.3 Å². The molecule has 0 amide bonds. The number of nitrogens with one attached hydrogen (secondary N) is 1. The molecule has 132 valence electrons. The lowest BCUT2D eigenvalue weighted by atomic mass is 10.2. The maximum absolute atomic E-state index is 12.4. The summed E-state index contributed by atoms with van der Waals surface area (Å²) in [6, 6.07) is 5.99. The van der Waals surface area contributed by atoms with E-state index in [4.69, 9.17) is 9.84 Å². The summed E-state index contributed by atoms with van der Waals surface area (Å²) in [4.78, 5) is 14.1. The molecule has 1 aromatic carbocycles. The van der Waals surface area contributed by atoms with Gasteiger partial charge in [0.2, 0.25) is 5.69 Å². The summed E-state index contributed by atoms with van der Waals surface area (Å²) in [5.74, 6) is 3.42. The van der Waals surface area contributed by atoms with Crippen LogP contribution in [0.25, 0.3) is 0 Å². The van der Waals surface area contributed by atoms with E-state index < -0.39 is 17.8 Å². The van der Waals surface area contributed by atoms with Gasteiger partial charge in [-0.1, -0.05) is 11.1 Å². The molecule has 0 fully saturated rings. The molecule has 0 saturated carbocycles. The van der Waals surface area contributed by atoms with Crippen LogP contribution in [-0.2, 0) is 6.18 Å². The molecule has 0 aliphatic rings. The number of aromatic carboxylic acids is 1. The van der Waals surface area contributed by atoms with Crippen molar-refractivity contribution in [1.82, 2.24) is 20.4 Å². The van der Waals surface area contributed by atoms with Crippen LogP contribution < -0.4 is 4.74 Å². The van der Waals surface area contributed by atoms with Crippen molar-refractivity contribution in [3.8, 4) is 23.5 Å². The van der Waals surface area contributed by atoms with Crippen LogP contribution in [0.4, 0.5) is 13.2 Å². The minimum atomic E-state index is -4.60. The Morgan fingerprint density at radius 3 is 2.58 bits per heavy atom. The Hall–Kier alpha value is -3.81. The molecule has 3 aromatic rings. The monoisotopic (exact) mass is 364 g/mol. The molecular formula is C15H7F3N4O4. The zero-order chi connectivity index (χ0) is 18.7. The Balaban J connectivity index is 1.72. The predicted molar refractivity (Wildman–Crippen MR) is 77.3 cm³/mol. The highest BCUT2D eigenvalue weighted by Gasteiger charge is 2.34. The van der Waals surface area contributed by atoms with Crippen molar-refractivity contribution in [2.24, 2.45) is 0 Å². The van der Waals surface area contributed by atoms with Gasteiger partial charge in [0.05, 0.1) is 0 Å². The molecule has 11 heteroatoms. The van der Waals surface area contributed by atoms with Crippen LogP contribution in [0.15, 0.2) is 34.9 Å². The molecule has 3 rings (SSSR count). The average molecular weight is 364 g/mol. The maximum Gasteiger partial charge on any atom is 0.436 e. The molecule has 0 unspecified atom stereocenters. The summed E-state index contributed by atoms with van der Waals surface area (Å²) < 4.78 is 47.2. The zero-order valence-corrected chi connectivity index (χ0v) is 12.5. The minimum absolute atomic E-state index is 0.143. The van der Waals surface area contributed by atoms with Crippen LogP contribution in [0.2, 0.25) is 0 Å². The standard InChI is InChI=1S/C15H7F3N4O4/c16-15(17,18)10-7-25-11(19-10)6-3-8-1-4-9(5-2-8)26-13-12(14(23)24)20-22-21-13/h1-2,4-5,7H,(H,23,24)(H,20,21,22). The van der Waals surface area contributed by atoms with Gasteiger partial charge in [-0.3, -0.25) is 0 Å². The van der Waals surface area contributed by atoms with Crippen molar-refractivity contribution < 1.29 is 32.2 Å². The van der Waals surface area contributed by atoms with Crippen molar-refractivity contribution in [3.05, 3.63) is 53.4 Å². The largest absolute Gasteiger partial charge is 0.476 e. The van der Waals surface area contributed by atoms with E-state index in [1.165, 1.54) is 24.3 Å². The van der Waals surface area contributed by atoms with Crippen LogP contribution >= 0.6 is 0 Å². The smallest absolute Gasteiger partial charge is 0.436 e. The quantitative estimate of drug-likeness (QED) is 0.687. The normalized spacial score (nSPS) is 10.9. The third kappa shape index (κ3) is 3.81. The Labute approximate surface area is 142 Å². The van der Waals surface area contributed by atoms with Gasteiger partial charge >= 0.3 is 12.1 Å². The van der Waals surface area contributed by atoms with Gasteiger partial charge in [-0.2, -0.15) is 18.2 Å².